The van der Waals surface area contributed by atoms with E-state index < -0.39 is 11.6 Å². The van der Waals surface area contributed by atoms with E-state index in [2.05, 4.69) is 6.92 Å². The van der Waals surface area contributed by atoms with Gasteiger partial charge in [0.25, 0.3) is 0 Å². The van der Waals surface area contributed by atoms with Crippen molar-refractivity contribution in [1.29, 1.82) is 0 Å². The topological polar surface area (TPSA) is 0 Å². The predicted octanol–water partition coefficient (Wildman–Crippen LogP) is 2.57. The molecule has 0 radical (unpaired) electrons. The smallest absolute Gasteiger partial charge is 0.0706 e. The minimum atomic E-state index is -0.583. The average Bonchev–Trinajstić information content (AvgIpc) is 1.59. The van der Waals surface area contributed by atoms with Gasteiger partial charge in [-0.3, -0.25) is 0 Å². The third-order valence-electron chi connectivity index (χ3n) is 0.922. The Morgan fingerprint density at radius 3 is 1.64 bits per heavy atom. The van der Waals surface area contributed by atoms with Crippen LogP contribution in [0.1, 0.15) is 5.56 Å². The Hall–Kier alpha value is -0.137. The van der Waals surface area contributed by atoms with E-state index in [1.165, 1.54) is 12.1 Å². The molecule has 0 nitrogen and oxygen atoms in total. The van der Waals surface area contributed by atoms with Gasteiger partial charge in [0.15, 0.2) is 0 Å². The second-order valence-corrected chi connectivity index (χ2v) is 1.78. The third-order valence-corrected chi connectivity index (χ3v) is 0.922. The molecule has 1 aromatic carbocycles. The SMILES string of the molecule is Cl.[CH2-]c1cc(F)cc(F)c1.[Zn]. The van der Waals surface area contributed by atoms with Gasteiger partial charge in [-0.15, -0.1) is 24.5 Å². The van der Waals surface area contributed by atoms with E-state index in [4.69, 9.17) is 0 Å². The van der Waals surface area contributed by atoms with Gasteiger partial charge in [-0.05, 0) is 6.07 Å². The molecule has 0 amide bonds. The molecule has 0 saturated heterocycles. The summed E-state index contributed by atoms with van der Waals surface area (Å²) >= 11 is 0. The first-order valence-corrected chi connectivity index (χ1v) is 2.46. The van der Waals surface area contributed by atoms with Crippen molar-refractivity contribution < 1.29 is 28.3 Å². The Bertz CT molecular complexity index is 177. The Morgan fingerprint density at radius 2 is 1.36 bits per heavy atom. The van der Waals surface area contributed by atoms with E-state index in [0.29, 0.717) is 5.56 Å². The van der Waals surface area contributed by atoms with Crippen molar-refractivity contribution in [2.24, 2.45) is 0 Å². The summed E-state index contributed by atoms with van der Waals surface area (Å²) in [5.41, 5.74) is 0.354. The molecule has 0 unspecified atom stereocenters. The van der Waals surface area contributed by atoms with Crippen molar-refractivity contribution >= 4 is 12.4 Å². The van der Waals surface area contributed by atoms with Crippen LogP contribution in [0.4, 0.5) is 8.78 Å². The normalized spacial score (nSPS) is 7.82. The van der Waals surface area contributed by atoms with E-state index in [-0.39, 0.29) is 31.9 Å². The van der Waals surface area contributed by atoms with E-state index in [1.807, 2.05) is 0 Å². The van der Waals surface area contributed by atoms with Crippen LogP contribution in [0.3, 0.4) is 0 Å². The summed E-state index contributed by atoms with van der Waals surface area (Å²) in [6.45, 7) is 3.36. The molecule has 0 atom stereocenters. The van der Waals surface area contributed by atoms with E-state index in [1.54, 1.807) is 0 Å². The minimum Gasteiger partial charge on any atom is -0.221 e. The molecule has 11 heavy (non-hydrogen) atoms. The van der Waals surface area contributed by atoms with Crippen molar-refractivity contribution in [2.45, 2.75) is 0 Å². The maximum atomic E-state index is 12.1. The van der Waals surface area contributed by atoms with Gasteiger partial charge in [0.2, 0.25) is 0 Å². The molecule has 0 fully saturated rings. The zero-order valence-corrected chi connectivity index (χ0v) is 9.59. The summed E-state index contributed by atoms with van der Waals surface area (Å²) in [5.74, 6) is -1.17. The largest absolute Gasteiger partial charge is 0.221 e. The number of hydrogen-bond acceptors (Lipinski definition) is 0. The van der Waals surface area contributed by atoms with Gasteiger partial charge >= 0.3 is 0 Å². The van der Waals surface area contributed by atoms with Gasteiger partial charge in [0.05, 0.1) is 11.6 Å². The molecule has 0 spiro atoms. The minimum absolute atomic E-state index is 0. The van der Waals surface area contributed by atoms with Crippen LogP contribution in [0.5, 0.6) is 0 Å². The molecule has 58 valence electrons. The summed E-state index contributed by atoms with van der Waals surface area (Å²) in [5, 5.41) is 0. The number of rotatable bonds is 0. The van der Waals surface area contributed by atoms with E-state index in [0.717, 1.165) is 6.07 Å². The van der Waals surface area contributed by atoms with E-state index >= 15 is 0 Å². The van der Waals surface area contributed by atoms with Gasteiger partial charge in [0, 0.05) is 19.5 Å². The molecule has 1 rings (SSSR count). The van der Waals surface area contributed by atoms with E-state index in [9.17, 15) is 8.78 Å². The van der Waals surface area contributed by atoms with Gasteiger partial charge in [-0.25, -0.2) is 8.78 Å². The van der Waals surface area contributed by atoms with Gasteiger partial charge in [-0.2, -0.15) is 12.5 Å². The molecule has 0 heterocycles. The van der Waals surface area contributed by atoms with Crippen molar-refractivity contribution in [1.82, 2.24) is 0 Å². The van der Waals surface area contributed by atoms with Crippen molar-refractivity contribution in [3.8, 4) is 0 Å². The molecule has 4 heteroatoms. The van der Waals surface area contributed by atoms with Crippen LogP contribution in [0.2, 0.25) is 0 Å². The molecule has 0 bridgehead atoms. The van der Waals surface area contributed by atoms with Crippen LogP contribution < -0.4 is 0 Å². The summed E-state index contributed by atoms with van der Waals surface area (Å²) in [6, 6.07) is 3.15. The van der Waals surface area contributed by atoms with Crippen LogP contribution in [0.15, 0.2) is 18.2 Å². The second-order valence-electron chi connectivity index (χ2n) is 1.78. The zero-order valence-electron chi connectivity index (χ0n) is 5.81. The Morgan fingerprint density at radius 1 is 1.00 bits per heavy atom. The molecule has 0 N–H and O–H groups in total. The number of halogens is 3. The number of benzene rings is 1. The zero-order chi connectivity index (χ0) is 6.85. The van der Waals surface area contributed by atoms with Crippen molar-refractivity contribution in [3.05, 3.63) is 42.3 Å². The van der Waals surface area contributed by atoms with Crippen molar-refractivity contribution in [2.75, 3.05) is 0 Å². The predicted molar refractivity (Wildman–Crippen MR) is 38.1 cm³/mol. The number of hydrogen-bond donors (Lipinski definition) is 0. The van der Waals surface area contributed by atoms with Crippen LogP contribution in [0.25, 0.3) is 0 Å². The first kappa shape index (κ1) is 13.5. The summed E-state index contributed by atoms with van der Waals surface area (Å²) in [6.07, 6.45) is 0. The molecule has 0 aliphatic rings. The molecule has 0 aromatic heterocycles. The maximum absolute atomic E-state index is 12.1. The maximum Gasteiger partial charge on any atom is 0.0706 e. The van der Waals surface area contributed by atoms with Gasteiger partial charge < -0.3 is 0 Å². The van der Waals surface area contributed by atoms with Gasteiger partial charge in [0.1, 0.15) is 0 Å². The molecule has 0 aliphatic carbocycles. The molecule has 1 aromatic rings. The average molecular weight is 229 g/mol. The first-order valence-electron chi connectivity index (χ1n) is 2.46. The van der Waals surface area contributed by atoms with Crippen LogP contribution in [0, 0.1) is 18.6 Å². The fourth-order valence-corrected chi connectivity index (χ4v) is 0.611. The fourth-order valence-electron chi connectivity index (χ4n) is 0.611. The Balaban J connectivity index is 0. The van der Waals surface area contributed by atoms with Crippen LogP contribution in [-0.4, -0.2) is 0 Å². The standard InChI is InChI=1S/C7H5F2.ClH.Zn/c1-5-2-6(8)4-7(9)3-5;;/h2-4H,1H2;1H;/q-1;;. The molecule has 0 saturated carbocycles. The fraction of sp³-hybridized carbons (Fsp3) is 0. The third kappa shape index (κ3) is 4.33. The quantitative estimate of drug-likeness (QED) is 0.473. The molecular weight excluding hydrogens is 223 g/mol. The molecule has 0 aliphatic heterocycles. The van der Waals surface area contributed by atoms with Crippen molar-refractivity contribution in [3.63, 3.8) is 0 Å². The Kier molecular flexibility index (Phi) is 6.73. The first-order chi connectivity index (χ1) is 4.18. The second kappa shape index (κ2) is 5.51. The summed E-state index contributed by atoms with van der Waals surface area (Å²) in [7, 11) is 0. The van der Waals surface area contributed by atoms with Crippen LogP contribution >= 0.6 is 12.4 Å². The summed E-state index contributed by atoms with van der Waals surface area (Å²) in [4.78, 5) is 0. The molecular formula is C7H6ClF2Zn-. The monoisotopic (exact) mass is 227 g/mol. The Labute approximate surface area is 83.2 Å². The van der Waals surface area contributed by atoms with Gasteiger partial charge in [-0.1, -0.05) is 0 Å². The summed E-state index contributed by atoms with van der Waals surface area (Å²) < 4.78 is 24.3. The van der Waals surface area contributed by atoms with Crippen LogP contribution in [-0.2, 0) is 19.5 Å².